The molecule has 6 nitrogen and oxygen atoms in total. The van der Waals surface area contributed by atoms with Gasteiger partial charge in [0.15, 0.2) is 0 Å². The molecule has 2 rings (SSSR count). The van der Waals surface area contributed by atoms with Gasteiger partial charge in [0.1, 0.15) is 0 Å². The van der Waals surface area contributed by atoms with Crippen LogP contribution in [0.4, 0.5) is 32.0 Å². The molecule has 0 saturated heterocycles. The summed E-state index contributed by atoms with van der Waals surface area (Å²) in [7, 11) is 0. The fourth-order valence-corrected chi connectivity index (χ4v) is 9.43. The molecule has 27 heavy (non-hydrogen) atoms. The monoisotopic (exact) mass is 591 g/mol. The Morgan fingerprint density at radius 2 is 1.52 bits per heavy atom. The van der Waals surface area contributed by atoms with Crippen molar-refractivity contribution in [3.63, 3.8) is 0 Å². The number of rotatable bonds is 3. The quantitative estimate of drug-likeness (QED) is 0.395. The van der Waals surface area contributed by atoms with Crippen LogP contribution in [0.5, 0.6) is 0 Å². The predicted octanol–water partition coefficient (Wildman–Crippen LogP) is 1.50. The zero-order valence-corrected chi connectivity index (χ0v) is 18.0. The van der Waals surface area contributed by atoms with E-state index in [0.29, 0.717) is 12.0 Å². The van der Waals surface area contributed by atoms with Crippen molar-refractivity contribution in [1.29, 1.82) is 0 Å². The summed E-state index contributed by atoms with van der Waals surface area (Å²) in [6.45, 7) is 1.30. The van der Waals surface area contributed by atoms with Gasteiger partial charge < -0.3 is 0 Å². The SMILES string of the molecule is CC(=O)N1CCc2ccc[c]([Tl]([O]C(=O)C(F)(F)F)[O]C(=O)C(F)(F)F)c21. The van der Waals surface area contributed by atoms with Crippen LogP contribution in [0.2, 0.25) is 0 Å². The summed E-state index contributed by atoms with van der Waals surface area (Å²) in [6.07, 6.45) is -10.7. The first-order chi connectivity index (χ1) is 12.3. The van der Waals surface area contributed by atoms with Crippen molar-refractivity contribution in [2.45, 2.75) is 25.7 Å². The van der Waals surface area contributed by atoms with Gasteiger partial charge in [0.25, 0.3) is 0 Å². The molecule has 1 aliphatic heterocycles. The maximum absolute atomic E-state index is 12.5. The predicted molar refractivity (Wildman–Crippen MR) is 77.9 cm³/mol. The number of hydrogen-bond donors (Lipinski definition) is 0. The van der Waals surface area contributed by atoms with E-state index >= 15 is 0 Å². The molecular weight excluding hydrogens is 581 g/mol. The molecule has 0 N–H and O–H groups in total. The minimum atomic E-state index is -5.49. The normalized spacial score (nSPS) is 13.8. The number of anilines is 1. The van der Waals surface area contributed by atoms with E-state index in [-0.39, 0.29) is 15.4 Å². The van der Waals surface area contributed by atoms with E-state index in [1.54, 1.807) is 0 Å². The molecule has 0 unspecified atom stereocenters. The average Bonchev–Trinajstić information content (AvgIpc) is 2.96. The number of hydrogen-bond acceptors (Lipinski definition) is 5. The molecule has 0 atom stereocenters. The van der Waals surface area contributed by atoms with E-state index in [0.717, 1.165) is 17.9 Å². The van der Waals surface area contributed by atoms with Crippen molar-refractivity contribution in [1.82, 2.24) is 0 Å². The third kappa shape index (κ3) is 4.90. The van der Waals surface area contributed by atoms with Crippen molar-refractivity contribution < 1.29 is 46.1 Å². The van der Waals surface area contributed by atoms with E-state index in [1.807, 2.05) is 0 Å². The zero-order valence-electron chi connectivity index (χ0n) is 13.5. The van der Waals surface area contributed by atoms with E-state index in [9.17, 15) is 40.7 Å². The first-order valence-corrected chi connectivity index (χ1v) is 13.2. The Hall–Kier alpha value is -1.87. The van der Waals surface area contributed by atoms with Gasteiger partial charge in [0.05, 0.1) is 0 Å². The minimum absolute atomic E-state index is 0.0293. The Labute approximate surface area is 157 Å². The number of nitrogens with zero attached hydrogens (tertiary/aromatic N) is 1. The van der Waals surface area contributed by atoms with Crippen LogP contribution < -0.4 is 8.02 Å². The number of halogens is 6. The van der Waals surface area contributed by atoms with Crippen LogP contribution in [0.3, 0.4) is 0 Å². The second-order valence-corrected chi connectivity index (χ2v) is 12.2. The Morgan fingerprint density at radius 1 is 1.00 bits per heavy atom. The van der Waals surface area contributed by atoms with Crippen LogP contribution in [-0.4, -0.2) is 60.4 Å². The standard InChI is InChI=1S/C10H10NO.2C2HF3O2.Tl/c1-8(12)11-7-6-9-4-2-3-5-10(9)11;2*3-2(4,5)1(6)7;/h2-4H,6-7H2,1H3;2*(H,6,7);/q;;;+2/p-2. The topological polar surface area (TPSA) is 72.9 Å². The molecule has 1 aromatic carbocycles. The molecule has 0 spiro atoms. The van der Waals surface area contributed by atoms with Crippen LogP contribution in [0, 0.1) is 0 Å². The third-order valence-corrected chi connectivity index (χ3v) is 10.7. The van der Waals surface area contributed by atoms with Gasteiger partial charge in [-0.15, -0.1) is 0 Å². The van der Waals surface area contributed by atoms with Crippen molar-refractivity contribution in [2.75, 3.05) is 11.4 Å². The van der Waals surface area contributed by atoms with Gasteiger partial charge in [-0.1, -0.05) is 0 Å². The molecular formula is C14H10F6NO5Tl. The van der Waals surface area contributed by atoms with Crippen LogP contribution in [0.1, 0.15) is 12.5 Å². The number of carbonyl (C=O) groups is 3. The molecule has 0 radical (unpaired) electrons. The van der Waals surface area contributed by atoms with E-state index in [1.165, 1.54) is 12.1 Å². The summed E-state index contributed by atoms with van der Waals surface area (Å²) in [5.41, 5.74) is 0.487. The Balaban J connectivity index is 2.48. The van der Waals surface area contributed by atoms with Crippen molar-refractivity contribution in [2.24, 2.45) is 0 Å². The Bertz CT molecular complexity index is 750. The van der Waals surface area contributed by atoms with E-state index < -0.39 is 53.8 Å². The van der Waals surface area contributed by atoms with Crippen LogP contribution in [0.25, 0.3) is 0 Å². The van der Waals surface area contributed by atoms with Crippen LogP contribution in [0.15, 0.2) is 18.2 Å². The summed E-state index contributed by atoms with van der Waals surface area (Å²) < 4.78 is 83.2. The maximum atomic E-state index is 12.5. The van der Waals surface area contributed by atoms with Crippen molar-refractivity contribution >= 4 is 50.3 Å². The van der Waals surface area contributed by atoms with Gasteiger partial charge in [-0.25, -0.2) is 0 Å². The number of carbonyl (C=O) groups excluding carboxylic acids is 3. The summed E-state index contributed by atoms with van der Waals surface area (Å²) in [6, 6.07) is 3.93. The van der Waals surface area contributed by atoms with E-state index in [2.05, 4.69) is 5.37 Å². The molecule has 0 fully saturated rings. The number of fused-ring (bicyclic) bond motifs is 1. The summed E-state index contributed by atoms with van der Waals surface area (Å²) in [5, 5.41) is 0. The molecule has 0 aromatic heterocycles. The van der Waals surface area contributed by atoms with Gasteiger partial charge in [0, 0.05) is 0 Å². The number of amides is 1. The summed E-state index contributed by atoms with van der Waals surface area (Å²) >= 11 is -5.39. The molecule has 1 aliphatic rings. The zero-order chi connectivity index (χ0) is 20.6. The second-order valence-electron chi connectivity index (χ2n) is 5.41. The molecule has 0 saturated carbocycles. The van der Waals surface area contributed by atoms with Gasteiger partial charge in [-0.2, -0.15) is 0 Å². The molecule has 146 valence electrons. The fourth-order valence-electron chi connectivity index (χ4n) is 2.47. The molecule has 1 heterocycles. The number of para-hydroxylation sites is 1. The number of benzene rings is 1. The molecule has 1 amide bonds. The molecule has 0 bridgehead atoms. The van der Waals surface area contributed by atoms with Crippen molar-refractivity contribution in [3.05, 3.63) is 23.8 Å². The van der Waals surface area contributed by atoms with Gasteiger partial charge in [-0.05, 0) is 0 Å². The molecule has 0 aliphatic carbocycles. The van der Waals surface area contributed by atoms with Crippen molar-refractivity contribution in [3.8, 4) is 0 Å². The Morgan fingerprint density at radius 3 is 1.96 bits per heavy atom. The van der Waals surface area contributed by atoms with Gasteiger partial charge in [0.2, 0.25) is 0 Å². The fraction of sp³-hybridized carbons (Fsp3) is 0.357. The van der Waals surface area contributed by atoms with Gasteiger partial charge >= 0.3 is 157 Å². The third-order valence-electron chi connectivity index (χ3n) is 3.55. The second kappa shape index (κ2) is 7.63. The summed E-state index contributed by atoms with van der Waals surface area (Å²) in [5.74, 6) is -6.03. The number of alkyl halides is 6. The summed E-state index contributed by atoms with van der Waals surface area (Å²) in [4.78, 5) is 35.1. The van der Waals surface area contributed by atoms with E-state index in [4.69, 9.17) is 0 Å². The van der Waals surface area contributed by atoms with Gasteiger partial charge in [-0.3, -0.25) is 0 Å². The average molecular weight is 591 g/mol. The molecule has 13 heteroatoms. The first-order valence-electron chi connectivity index (χ1n) is 7.28. The van der Waals surface area contributed by atoms with Crippen LogP contribution in [-0.2, 0) is 26.2 Å². The first kappa shape index (κ1) is 21.4. The molecule has 1 aromatic rings. The van der Waals surface area contributed by atoms with Crippen LogP contribution >= 0.6 is 0 Å². The Kier molecular flexibility index (Phi) is 6.06.